The lowest BCUT2D eigenvalue weighted by Gasteiger charge is -2.35. The molecule has 2 aliphatic rings. The van der Waals surface area contributed by atoms with Gasteiger partial charge < -0.3 is 19.3 Å². The fourth-order valence-corrected chi connectivity index (χ4v) is 5.21. The van der Waals surface area contributed by atoms with Gasteiger partial charge in [0.15, 0.2) is 5.13 Å². The van der Waals surface area contributed by atoms with Crippen LogP contribution in [0.2, 0.25) is 0 Å². The number of piperidine rings is 1. The summed E-state index contributed by atoms with van der Waals surface area (Å²) in [4.78, 5) is 27.6. The molecule has 2 aliphatic heterocycles. The summed E-state index contributed by atoms with van der Waals surface area (Å²) in [6, 6.07) is 12.0. The first kappa shape index (κ1) is 20.2. The molecule has 7 nitrogen and oxygen atoms in total. The van der Waals surface area contributed by atoms with Gasteiger partial charge in [-0.1, -0.05) is 11.3 Å². The average molecular weight is 439 g/mol. The molecule has 4 heterocycles. The Morgan fingerprint density at radius 2 is 1.77 bits per heavy atom. The van der Waals surface area contributed by atoms with Gasteiger partial charge in [-0.3, -0.25) is 4.79 Å². The number of morpholine rings is 1. The quantitative estimate of drug-likeness (QED) is 0.622. The van der Waals surface area contributed by atoms with E-state index in [4.69, 9.17) is 19.4 Å². The van der Waals surface area contributed by atoms with Gasteiger partial charge in [-0.05, 0) is 49.2 Å². The van der Waals surface area contributed by atoms with Crippen molar-refractivity contribution in [2.45, 2.75) is 12.8 Å². The molecule has 1 amide bonds. The molecule has 162 valence electrons. The van der Waals surface area contributed by atoms with E-state index in [-0.39, 0.29) is 11.8 Å². The van der Waals surface area contributed by atoms with Crippen molar-refractivity contribution in [2.75, 3.05) is 51.4 Å². The average Bonchev–Trinajstić information content (AvgIpc) is 3.28. The number of amides is 1. The van der Waals surface area contributed by atoms with Crippen LogP contribution in [0.5, 0.6) is 5.75 Å². The van der Waals surface area contributed by atoms with Crippen molar-refractivity contribution < 1.29 is 14.3 Å². The van der Waals surface area contributed by atoms with Crippen LogP contribution in [0.15, 0.2) is 36.4 Å². The lowest BCUT2D eigenvalue weighted by atomic mass is 9.95. The second-order valence-corrected chi connectivity index (χ2v) is 8.90. The maximum absolute atomic E-state index is 12.8. The third kappa shape index (κ3) is 4.22. The third-order valence-corrected chi connectivity index (χ3v) is 7.09. The Kier molecular flexibility index (Phi) is 5.74. The topological polar surface area (TPSA) is 67.8 Å². The van der Waals surface area contributed by atoms with Crippen LogP contribution in [0.25, 0.3) is 21.6 Å². The van der Waals surface area contributed by atoms with E-state index < -0.39 is 0 Å². The molecule has 0 atom stereocenters. The normalized spacial score (nSPS) is 17.8. The second-order valence-electron chi connectivity index (χ2n) is 7.94. The number of thiazole rings is 1. The van der Waals surface area contributed by atoms with E-state index in [1.165, 1.54) is 0 Å². The van der Waals surface area contributed by atoms with Crippen molar-refractivity contribution in [1.29, 1.82) is 0 Å². The predicted molar refractivity (Wildman–Crippen MR) is 122 cm³/mol. The number of nitrogens with zero attached hydrogens (tertiary/aromatic N) is 4. The zero-order valence-electron chi connectivity index (χ0n) is 17.6. The van der Waals surface area contributed by atoms with Gasteiger partial charge in [0, 0.05) is 37.7 Å². The van der Waals surface area contributed by atoms with Gasteiger partial charge in [-0.15, -0.1) is 0 Å². The minimum Gasteiger partial charge on any atom is -0.497 e. The third-order valence-electron chi connectivity index (χ3n) is 6.07. The number of aromatic nitrogens is 2. The summed E-state index contributed by atoms with van der Waals surface area (Å²) in [5.41, 5.74) is 2.91. The molecule has 0 unspecified atom stereocenters. The molecule has 8 heteroatoms. The van der Waals surface area contributed by atoms with E-state index in [0.717, 1.165) is 71.5 Å². The molecule has 3 aromatic rings. The number of fused-ring (bicyclic) bond motifs is 1. The fourth-order valence-electron chi connectivity index (χ4n) is 4.22. The Morgan fingerprint density at radius 3 is 2.48 bits per heavy atom. The van der Waals surface area contributed by atoms with Gasteiger partial charge in [0.2, 0.25) is 5.91 Å². The highest BCUT2D eigenvalue weighted by molar-refractivity contribution is 7.21. The summed E-state index contributed by atoms with van der Waals surface area (Å²) in [6.45, 7) is 4.46. The SMILES string of the molecule is COc1ccc(-c2ccc3nc(N4CCC(C(=O)N5CCOCC5)CC4)sc3n2)cc1. The van der Waals surface area contributed by atoms with Crippen LogP contribution in [0.4, 0.5) is 5.13 Å². The largest absolute Gasteiger partial charge is 0.497 e. The van der Waals surface area contributed by atoms with Crippen LogP contribution >= 0.6 is 11.3 Å². The number of carbonyl (C=O) groups excluding carboxylic acids is 1. The number of pyridine rings is 1. The highest BCUT2D eigenvalue weighted by atomic mass is 32.1. The minimum atomic E-state index is 0.114. The Morgan fingerprint density at radius 1 is 1.03 bits per heavy atom. The summed E-state index contributed by atoms with van der Waals surface area (Å²) < 4.78 is 10.6. The number of hydrogen-bond donors (Lipinski definition) is 0. The highest BCUT2D eigenvalue weighted by Crippen LogP contribution is 2.33. The Hall–Kier alpha value is -2.71. The molecule has 1 aromatic carbocycles. The number of methoxy groups -OCH3 is 1. The molecule has 5 rings (SSSR count). The summed E-state index contributed by atoms with van der Waals surface area (Å²) >= 11 is 1.63. The lowest BCUT2D eigenvalue weighted by molar-refractivity contribution is -0.140. The van der Waals surface area contributed by atoms with E-state index >= 15 is 0 Å². The predicted octanol–water partition coefficient (Wildman–Crippen LogP) is 3.44. The molecule has 0 aliphatic carbocycles. The first-order valence-electron chi connectivity index (χ1n) is 10.7. The number of benzene rings is 1. The summed E-state index contributed by atoms with van der Waals surface area (Å²) in [5.74, 6) is 1.24. The number of ether oxygens (including phenoxy) is 2. The van der Waals surface area contributed by atoms with Crippen LogP contribution < -0.4 is 9.64 Å². The summed E-state index contributed by atoms with van der Waals surface area (Å²) in [5, 5.41) is 0.992. The summed E-state index contributed by atoms with van der Waals surface area (Å²) in [7, 11) is 1.67. The van der Waals surface area contributed by atoms with E-state index in [2.05, 4.69) is 4.90 Å². The number of hydrogen-bond acceptors (Lipinski definition) is 7. The van der Waals surface area contributed by atoms with Gasteiger partial charge in [-0.25, -0.2) is 9.97 Å². The van der Waals surface area contributed by atoms with Crippen LogP contribution in [0.3, 0.4) is 0 Å². The van der Waals surface area contributed by atoms with E-state index in [1.807, 2.05) is 41.3 Å². The number of anilines is 1. The van der Waals surface area contributed by atoms with Crippen molar-refractivity contribution in [3.63, 3.8) is 0 Å². The molecule has 0 saturated carbocycles. The van der Waals surface area contributed by atoms with Crippen molar-refractivity contribution in [2.24, 2.45) is 5.92 Å². The molecule has 2 aromatic heterocycles. The maximum Gasteiger partial charge on any atom is 0.225 e. The van der Waals surface area contributed by atoms with Crippen LogP contribution in [-0.2, 0) is 9.53 Å². The molecule has 2 saturated heterocycles. The molecule has 0 radical (unpaired) electrons. The van der Waals surface area contributed by atoms with Crippen LogP contribution in [0.1, 0.15) is 12.8 Å². The van der Waals surface area contributed by atoms with Crippen molar-refractivity contribution in [3.05, 3.63) is 36.4 Å². The maximum atomic E-state index is 12.8. The first-order chi connectivity index (χ1) is 15.2. The zero-order valence-corrected chi connectivity index (χ0v) is 18.4. The van der Waals surface area contributed by atoms with Gasteiger partial charge in [-0.2, -0.15) is 0 Å². The summed E-state index contributed by atoms with van der Waals surface area (Å²) in [6.07, 6.45) is 1.74. The number of carbonyl (C=O) groups is 1. The van der Waals surface area contributed by atoms with Crippen LogP contribution in [-0.4, -0.2) is 67.3 Å². The zero-order chi connectivity index (χ0) is 21.2. The van der Waals surface area contributed by atoms with Crippen molar-refractivity contribution in [3.8, 4) is 17.0 Å². The minimum absolute atomic E-state index is 0.114. The molecule has 0 N–H and O–H groups in total. The Labute approximate surface area is 185 Å². The van der Waals surface area contributed by atoms with E-state index in [9.17, 15) is 4.79 Å². The number of rotatable bonds is 4. The van der Waals surface area contributed by atoms with E-state index in [1.54, 1.807) is 18.4 Å². The van der Waals surface area contributed by atoms with Gasteiger partial charge in [0.25, 0.3) is 0 Å². The first-order valence-corrected chi connectivity index (χ1v) is 11.6. The fraction of sp³-hybridized carbons (Fsp3) is 0.435. The van der Waals surface area contributed by atoms with Gasteiger partial charge >= 0.3 is 0 Å². The Balaban J connectivity index is 1.27. The monoisotopic (exact) mass is 438 g/mol. The second kappa shape index (κ2) is 8.80. The van der Waals surface area contributed by atoms with E-state index in [0.29, 0.717) is 13.2 Å². The van der Waals surface area contributed by atoms with Gasteiger partial charge in [0.05, 0.1) is 26.0 Å². The van der Waals surface area contributed by atoms with Crippen LogP contribution in [0, 0.1) is 5.92 Å². The molecule has 2 fully saturated rings. The highest BCUT2D eigenvalue weighted by Gasteiger charge is 2.30. The molecule has 0 bridgehead atoms. The molecule has 31 heavy (non-hydrogen) atoms. The lowest BCUT2D eigenvalue weighted by Crippen LogP contribution is -2.46. The molecular formula is C23H26N4O3S. The Bertz CT molecular complexity index is 1050. The van der Waals surface area contributed by atoms with Crippen molar-refractivity contribution in [1.82, 2.24) is 14.9 Å². The standard InChI is InChI=1S/C23H26N4O3S/c1-29-18-4-2-16(3-5-18)19-6-7-20-21(24-19)31-23(25-20)27-10-8-17(9-11-27)22(28)26-12-14-30-15-13-26/h2-7,17H,8-15H2,1H3. The molecule has 0 spiro atoms. The van der Waals surface area contributed by atoms with Crippen molar-refractivity contribution >= 4 is 32.7 Å². The van der Waals surface area contributed by atoms with Gasteiger partial charge in [0.1, 0.15) is 16.1 Å². The molecular weight excluding hydrogens is 412 g/mol. The smallest absolute Gasteiger partial charge is 0.225 e.